The Bertz CT molecular complexity index is 1100. The molecule has 1 amide bonds. The summed E-state index contributed by atoms with van der Waals surface area (Å²) in [6.45, 7) is 2.66. The molecule has 0 atom stereocenters. The second-order valence-corrected chi connectivity index (χ2v) is 8.57. The van der Waals surface area contributed by atoms with Gasteiger partial charge in [0.1, 0.15) is 0 Å². The number of nitrogens with zero attached hydrogens (tertiary/aromatic N) is 4. The Hall–Kier alpha value is -2.85. The van der Waals surface area contributed by atoms with E-state index in [9.17, 15) is 4.79 Å². The summed E-state index contributed by atoms with van der Waals surface area (Å²) in [6, 6.07) is 13.3. The Morgan fingerprint density at radius 2 is 2.09 bits per heavy atom. The average molecular weight is 518 g/mol. The van der Waals surface area contributed by atoms with E-state index in [0.717, 1.165) is 27.8 Å². The lowest BCUT2D eigenvalue weighted by molar-refractivity contribution is -0.118. The fourth-order valence-corrected chi connectivity index (χ4v) is 3.86. The molecule has 0 radical (unpaired) electrons. The molecule has 0 saturated carbocycles. The van der Waals surface area contributed by atoms with Crippen LogP contribution in [-0.2, 0) is 11.8 Å². The van der Waals surface area contributed by atoms with Crippen LogP contribution in [-0.4, -0.2) is 46.4 Å². The zero-order valence-electron chi connectivity index (χ0n) is 18.0. The average Bonchev–Trinajstić information content (AvgIpc) is 3.16. The summed E-state index contributed by atoms with van der Waals surface area (Å²) in [7, 11) is 3.46. The van der Waals surface area contributed by atoms with Gasteiger partial charge in [-0.05, 0) is 42.3 Å². The van der Waals surface area contributed by atoms with Gasteiger partial charge in [0.15, 0.2) is 22.5 Å². The molecule has 0 saturated heterocycles. The van der Waals surface area contributed by atoms with Crippen molar-refractivity contribution >= 4 is 39.8 Å². The SMILES string of the molecule is CCCOc1ccc(C=NNC(=O)CSc2nnc(-c3cccc(Br)c3)n2C)cc1OC. The van der Waals surface area contributed by atoms with Crippen LogP contribution in [0.5, 0.6) is 11.5 Å². The maximum atomic E-state index is 12.2. The molecule has 0 bridgehead atoms. The molecule has 0 spiro atoms. The maximum absolute atomic E-state index is 12.2. The molecule has 10 heteroatoms. The highest BCUT2D eigenvalue weighted by atomic mass is 79.9. The molecule has 0 fully saturated rings. The summed E-state index contributed by atoms with van der Waals surface area (Å²) < 4.78 is 13.8. The standard InChI is InChI=1S/C22H24BrN5O3S/c1-4-10-31-18-9-8-15(11-19(18)30-3)13-24-25-20(29)14-32-22-27-26-21(28(22)2)16-6-5-7-17(23)12-16/h5-9,11-13H,4,10,14H2,1-3H3,(H,25,29). The Morgan fingerprint density at radius 3 is 2.84 bits per heavy atom. The van der Waals surface area contributed by atoms with Gasteiger partial charge in [-0.25, -0.2) is 5.43 Å². The van der Waals surface area contributed by atoms with Crippen LogP contribution >= 0.6 is 27.7 Å². The number of ether oxygens (including phenoxy) is 2. The van der Waals surface area contributed by atoms with Gasteiger partial charge in [-0.1, -0.05) is 46.7 Å². The van der Waals surface area contributed by atoms with Crippen molar-refractivity contribution in [2.75, 3.05) is 19.5 Å². The van der Waals surface area contributed by atoms with Crippen LogP contribution in [0.4, 0.5) is 0 Å². The number of carbonyl (C=O) groups is 1. The third-order valence-corrected chi connectivity index (χ3v) is 5.82. The predicted molar refractivity (Wildman–Crippen MR) is 129 cm³/mol. The van der Waals surface area contributed by atoms with Crippen LogP contribution in [0.2, 0.25) is 0 Å². The number of methoxy groups -OCH3 is 1. The van der Waals surface area contributed by atoms with E-state index in [1.165, 1.54) is 11.8 Å². The molecule has 0 aliphatic rings. The Labute approximate surface area is 199 Å². The van der Waals surface area contributed by atoms with Gasteiger partial charge in [-0.15, -0.1) is 10.2 Å². The summed E-state index contributed by atoms with van der Waals surface area (Å²) in [4.78, 5) is 12.2. The van der Waals surface area contributed by atoms with E-state index < -0.39 is 0 Å². The zero-order chi connectivity index (χ0) is 22.9. The van der Waals surface area contributed by atoms with Crippen molar-refractivity contribution < 1.29 is 14.3 Å². The first kappa shape index (κ1) is 23.8. The number of nitrogens with one attached hydrogen (secondary N) is 1. The highest BCUT2D eigenvalue weighted by molar-refractivity contribution is 9.10. The lowest BCUT2D eigenvalue weighted by Gasteiger charge is -2.10. The van der Waals surface area contributed by atoms with Crippen molar-refractivity contribution in [3.63, 3.8) is 0 Å². The largest absolute Gasteiger partial charge is 0.493 e. The van der Waals surface area contributed by atoms with E-state index in [0.29, 0.717) is 23.3 Å². The number of thioether (sulfide) groups is 1. The molecule has 3 rings (SSSR count). The fraction of sp³-hybridized carbons (Fsp3) is 0.273. The molecular weight excluding hydrogens is 494 g/mol. The summed E-state index contributed by atoms with van der Waals surface area (Å²) >= 11 is 4.75. The summed E-state index contributed by atoms with van der Waals surface area (Å²) in [5, 5.41) is 13.1. The first-order valence-electron chi connectivity index (χ1n) is 9.92. The van der Waals surface area contributed by atoms with Crippen LogP contribution in [0, 0.1) is 0 Å². The van der Waals surface area contributed by atoms with Crippen LogP contribution in [0.1, 0.15) is 18.9 Å². The third-order valence-electron chi connectivity index (χ3n) is 4.30. The summed E-state index contributed by atoms with van der Waals surface area (Å²) in [5.41, 5.74) is 4.25. The maximum Gasteiger partial charge on any atom is 0.250 e. The fourth-order valence-electron chi connectivity index (χ4n) is 2.76. The number of aromatic nitrogens is 3. The van der Waals surface area contributed by atoms with Gasteiger partial charge in [0.05, 0.1) is 25.7 Å². The van der Waals surface area contributed by atoms with Crippen molar-refractivity contribution in [3.8, 4) is 22.9 Å². The van der Waals surface area contributed by atoms with E-state index in [4.69, 9.17) is 9.47 Å². The monoisotopic (exact) mass is 517 g/mol. The number of amides is 1. The number of carbonyl (C=O) groups excluding carboxylic acids is 1. The van der Waals surface area contributed by atoms with E-state index in [-0.39, 0.29) is 11.7 Å². The topological polar surface area (TPSA) is 90.6 Å². The minimum atomic E-state index is -0.242. The molecule has 168 valence electrons. The van der Waals surface area contributed by atoms with Gasteiger partial charge in [0.2, 0.25) is 0 Å². The lowest BCUT2D eigenvalue weighted by Crippen LogP contribution is -2.19. The number of halogens is 1. The van der Waals surface area contributed by atoms with E-state index >= 15 is 0 Å². The minimum absolute atomic E-state index is 0.162. The number of hydrogen-bond acceptors (Lipinski definition) is 7. The molecule has 1 aromatic heterocycles. The van der Waals surface area contributed by atoms with Gasteiger partial charge in [-0.2, -0.15) is 5.10 Å². The summed E-state index contributed by atoms with van der Waals surface area (Å²) in [5.74, 6) is 1.95. The molecule has 0 aliphatic heterocycles. The zero-order valence-corrected chi connectivity index (χ0v) is 20.4. The van der Waals surface area contributed by atoms with Gasteiger partial charge in [0.25, 0.3) is 5.91 Å². The van der Waals surface area contributed by atoms with Crippen molar-refractivity contribution in [2.24, 2.45) is 12.1 Å². The van der Waals surface area contributed by atoms with Gasteiger partial charge < -0.3 is 14.0 Å². The summed E-state index contributed by atoms with van der Waals surface area (Å²) in [6.07, 6.45) is 2.47. The Morgan fingerprint density at radius 1 is 1.25 bits per heavy atom. The quantitative estimate of drug-likeness (QED) is 0.245. The van der Waals surface area contributed by atoms with Crippen molar-refractivity contribution in [1.29, 1.82) is 0 Å². The highest BCUT2D eigenvalue weighted by Crippen LogP contribution is 2.28. The number of hydrogen-bond donors (Lipinski definition) is 1. The van der Waals surface area contributed by atoms with E-state index in [1.807, 2.05) is 54.9 Å². The molecule has 2 aromatic carbocycles. The molecule has 0 unspecified atom stereocenters. The van der Waals surface area contributed by atoms with Crippen molar-refractivity contribution in [3.05, 3.63) is 52.5 Å². The number of rotatable bonds is 10. The van der Waals surface area contributed by atoms with Gasteiger partial charge in [0, 0.05) is 17.1 Å². The second-order valence-electron chi connectivity index (χ2n) is 6.72. The Kier molecular flexibility index (Phi) is 8.69. The normalized spacial score (nSPS) is 11.0. The Balaban J connectivity index is 1.54. The second kappa shape index (κ2) is 11.7. The first-order chi connectivity index (χ1) is 15.5. The van der Waals surface area contributed by atoms with Gasteiger partial charge in [-0.3, -0.25) is 4.79 Å². The molecule has 8 nitrogen and oxygen atoms in total. The highest BCUT2D eigenvalue weighted by Gasteiger charge is 2.13. The van der Waals surface area contributed by atoms with Gasteiger partial charge >= 0.3 is 0 Å². The third kappa shape index (κ3) is 6.33. The van der Waals surface area contributed by atoms with E-state index in [2.05, 4.69) is 36.7 Å². The van der Waals surface area contributed by atoms with Crippen molar-refractivity contribution in [1.82, 2.24) is 20.2 Å². The molecular formula is C22H24BrN5O3S. The van der Waals surface area contributed by atoms with Crippen LogP contribution < -0.4 is 14.9 Å². The molecule has 3 aromatic rings. The number of benzene rings is 2. The van der Waals surface area contributed by atoms with Crippen LogP contribution in [0.3, 0.4) is 0 Å². The van der Waals surface area contributed by atoms with Crippen LogP contribution in [0.25, 0.3) is 11.4 Å². The minimum Gasteiger partial charge on any atom is -0.493 e. The smallest absolute Gasteiger partial charge is 0.250 e. The lowest BCUT2D eigenvalue weighted by atomic mass is 10.2. The molecule has 32 heavy (non-hydrogen) atoms. The molecule has 1 heterocycles. The van der Waals surface area contributed by atoms with Crippen LogP contribution in [0.15, 0.2) is 57.2 Å². The molecule has 1 N–H and O–H groups in total. The molecule has 0 aliphatic carbocycles. The van der Waals surface area contributed by atoms with E-state index in [1.54, 1.807) is 19.4 Å². The van der Waals surface area contributed by atoms with Crippen molar-refractivity contribution in [2.45, 2.75) is 18.5 Å². The number of hydrazone groups is 1. The predicted octanol–water partition coefficient (Wildman–Crippen LogP) is 4.28. The first-order valence-corrected chi connectivity index (χ1v) is 11.7.